The highest BCUT2D eigenvalue weighted by Crippen LogP contribution is 2.38. The molecule has 0 aliphatic heterocycles. The molecule has 0 saturated heterocycles. The number of allylic oxidation sites excluding steroid dienone is 1. The lowest BCUT2D eigenvalue weighted by Gasteiger charge is -2.08. The van der Waals surface area contributed by atoms with E-state index < -0.39 is 21.3 Å². The van der Waals surface area contributed by atoms with Gasteiger partial charge in [-0.2, -0.15) is 5.26 Å². The van der Waals surface area contributed by atoms with Gasteiger partial charge in [0.05, 0.1) is 28.1 Å². The third kappa shape index (κ3) is 3.93. The van der Waals surface area contributed by atoms with Crippen molar-refractivity contribution in [3.05, 3.63) is 67.8 Å². The molecule has 0 unspecified atom stereocenters. The van der Waals surface area contributed by atoms with Crippen LogP contribution >= 0.6 is 0 Å². The third-order valence-electron chi connectivity index (χ3n) is 3.39. The summed E-state index contributed by atoms with van der Waals surface area (Å²) in [6.07, 6.45) is 1.37. The van der Waals surface area contributed by atoms with Gasteiger partial charge >= 0.3 is 5.69 Å². The Balaban J connectivity index is 2.53. The van der Waals surface area contributed by atoms with Crippen LogP contribution < -0.4 is 4.74 Å². The van der Waals surface area contributed by atoms with Gasteiger partial charge in [0.2, 0.25) is 5.75 Å². The topological polar surface area (TPSA) is 140 Å². The van der Waals surface area contributed by atoms with Crippen molar-refractivity contribution in [2.75, 3.05) is 6.61 Å². The molecule has 26 heavy (non-hydrogen) atoms. The number of nitro benzene ring substituents is 2. The van der Waals surface area contributed by atoms with Crippen LogP contribution in [0.2, 0.25) is 0 Å². The lowest BCUT2D eigenvalue weighted by molar-refractivity contribution is -0.386. The normalized spacial score (nSPS) is 10.8. The quantitative estimate of drug-likeness (QED) is 0.361. The highest BCUT2D eigenvalue weighted by molar-refractivity contribution is 5.90. The molecule has 0 aromatic heterocycles. The van der Waals surface area contributed by atoms with E-state index in [1.807, 2.05) is 6.07 Å². The number of ether oxygens (including phenoxy) is 1. The van der Waals surface area contributed by atoms with Gasteiger partial charge in [0, 0.05) is 18.2 Å². The van der Waals surface area contributed by atoms with Crippen LogP contribution in [-0.4, -0.2) is 21.6 Å². The zero-order valence-electron chi connectivity index (χ0n) is 13.6. The van der Waals surface area contributed by atoms with E-state index in [-0.39, 0.29) is 29.2 Å². The smallest absolute Gasteiger partial charge is 0.315 e. The van der Waals surface area contributed by atoms with Gasteiger partial charge in [-0.05, 0) is 42.3 Å². The average molecular weight is 355 g/mol. The van der Waals surface area contributed by atoms with E-state index in [0.717, 1.165) is 6.07 Å². The highest BCUT2D eigenvalue weighted by atomic mass is 16.6. The molecule has 0 saturated carbocycles. The summed E-state index contributed by atoms with van der Waals surface area (Å²) in [6, 6.07) is 9.76. The molecule has 0 radical (unpaired) electrons. The van der Waals surface area contributed by atoms with E-state index in [9.17, 15) is 30.6 Å². The Morgan fingerprint density at radius 3 is 2.38 bits per heavy atom. The first kappa shape index (κ1) is 18.4. The number of aromatic hydroxyl groups is 1. The summed E-state index contributed by atoms with van der Waals surface area (Å²) in [6.45, 7) is 1.84. The predicted molar refractivity (Wildman–Crippen MR) is 92.5 cm³/mol. The Bertz CT molecular complexity index is 929. The summed E-state index contributed by atoms with van der Waals surface area (Å²) in [7, 11) is 0. The van der Waals surface area contributed by atoms with Crippen molar-refractivity contribution < 1.29 is 19.7 Å². The molecule has 0 aliphatic rings. The summed E-state index contributed by atoms with van der Waals surface area (Å²) in [5.74, 6) is -0.670. The summed E-state index contributed by atoms with van der Waals surface area (Å²) < 4.78 is 5.19. The number of nitro groups is 2. The number of phenolic OH excluding ortho intramolecular Hbond substituents is 1. The Labute approximate surface area is 147 Å². The predicted octanol–water partition coefficient (Wildman–Crippen LogP) is 3.67. The number of benzene rings is 2. The molecule has 0 atom stereocenters. The van der Waals surface area contributed by atoms with E-state index >= 15 is 0 Å². The number of hydrogen-bond acceptors (Lipinski definition) is 7. The summed E-state index contributed by atoms with van der Waals surface area (Å²) in [5.41, 5.74) is 0.148. The minimum Gasteiger partial charge on any atom is -0.500 e. The fourth-order valence-corrected chi connectivity index (χ4v) is 2.21. The van der Waals surface area contributed by atoms with Crippen LogP contribution in [0.4, 0.5) is 11.4 Å². The number of nitrogens with zero attached hydrogens (tertiary/aromatic N) is 3. The maximum absolute atomic E-state index is 11.1. The summed E-state index contributed by atoms with van der Waals surface area (Å²) in [5, 5.41) is 41.0. The molecule has 9 heteroatoms. The van der Waals surface area contributed by atoms with Crippen molar-refractivity contribution in [1.82, 2.24) is 0 Å². The highest BCUT2D eigenvalue weighted by Gasteiger charge is 2.20. The molecule has 2 aromatic rings. The van der Waals surface area contributed by atoms with Crippen LogP contribution in [0.25, 0.3) is 11.6 Å². The number of non-ortho nitro benzene ring substituents is 1. The summed E-state index contributed by atoms with van der Waals surface area (Å²) in [4.78, 5) is 20.5. The Morgan fingerprint density at radius 2 is 1.88 bits per heavy atom. The lowest BCUT2D eigenvalue weighted by atomic mass is 10.0. The molecule has 0 bridgehead atoms. The minimum absolute atomic E-state index is 0.0751. The molecule has 0 heterocycles. The maximum atomic E-state index is 11.1. The van der Waals surface area contributed by atoms with Crippen LogP contribution in [-0.2, 0) is 0 Å². The Kier molecular flexibility index (Phi) is 5.49. The molecule has 2 rings (SSSR count). The molecule has 0 amide bonds. The standard InChI is InChI=1S/C17H13N3O6/c1-2-26-16-9-11(8-15(17(16)21)20(24)25)7-13(10-18)12-3-5-14(6-4-12)19(22)23/h3-9,21H,2H2,1H3. The molecule has 9 nitrogen and oxygen atoms in total. The van der Waals surface area contributed by atoms with Gasteiger partial charge in [0.25, 0.3) is 5.69 Å². The zero-order chi connectivity index (χ0) is 19.3. The number of hydrogen-bond donors (Lipinski definition) is 1. The van der Waals surface area contributed by atoms with E-state index in [1.54, 1.807) is 6.92 Å². The van der Waals surface area contributed by atoms with E-state index in [1.165, 1.54) is 36.4 Å². The van der Waals surface area contributed by atoms with Gasteiger partial charge in [-0.1, -0.05) is 0 Å². The van der Waals surface area contributed by atoms with E-state index in [2.05, 4.69) is 0 Å². The van der Waals surface area contributed by atoms with Crippen LogP contribution in [0.15, 0.2) is 36.4 Å². The first-order valence-corrected chi connectivity index (χ1v) is 7.38. The molecule has 2 aromatic carbocycles. The maximum Gasteiger partial charge on any atom is 0.315 e. The number of nitriles is 1. The second-order valence-corrected chi connectivity index (χ2v) is 5.05. The SMILES string of the molecule is CCOc1cc(C=C(C#N)c2ccc([N+](=O)[O-])cc2)cc([N+](=O)[O-])c1O. The van der Waals surface area contributed by atoms with Gasteiger partial charge in [-0.3, -0.25) is 20.2 Å². The fourth-order valence-electron chi connectivity index (χ4n) is 2.21. The van der Waals surface area contributed by atoms with Crippen LogP contribution in [0.1, 0.15) is 18.1 Å². The van der Waals surface area contributed by atoms with Crippen molar-refractivity contribution in [1.29, 1.82) is 5.26 Å². The second-order valence-electron chi connectivity index (χ2n) is 5.05. The van der Waals surface area contributed by atoms with Crippen molar-refractivity contribution in [2.45, 2.75) is 6.92 Å². The monoisotopic (exact) mass is 355 g/mol. The fraction of sp³-hybridized carbons (Fsp3) is 0.118. The Morgan fingerprint density at radius 1 is 1.23 bits per heavy atom. The van der Waals surface area contributed by atoms with Gasteiger partial charge in [-0.15, -0.1) is 0 Å². The first-order chi connectivity index (χ1) is 12.4. The minimum atomic E-state index is -0.757. The molecule has 1 N–H and O–H groups in total. The van der Waals surface area contributed by atoms with E-state index in [4.69, 9.17) is 4.74 Å². The molecule has 0 aliphatic carbocycles. The lowest BCUT2D eigenvalue weighted by Crippen LogP contribution is -1.96. The Hall–Kier alpha value is -3.93. The summed E-state index contributed by atoms with van der Waals surface area (Å²) >= 11 is 0. The molecule has 0 spiro atoms. The van der Waals surface area contributed by atoms with Crippen LogP contribution in [0.5, 0.6) is 11.5 Å². The van der Waals surface area contributed by atoms with Gasteiger partial charge in [0.1, 0.15) is 0 Å². The first-order valence-electron chi connectivity index (χ1n) is 7.38. The van der Waals surface area contributed by atoms with Gasteiger partial charge in [0.15, 0.2) is 5.75 Å². The van der Waals surface area contributed by atoms with Crippen molar-refractivity contribution in [2.24, 2.45) is 0 Å². The zero-order valence-corrected chi connectivity index (χ0v) is 13.6. The molecular weight excluding hydrogens is 342 g/mol. The van der Waals surface area contributed by atoms with Crippen molar-refractivity contribution in [3.63, 3.8) is 0 Å². The molecule has 0 fully saturated rings. The number of phenols is 1. The van der Waals surface area contributed by atoms with Gasteiger partial charge in [-0.25, -0.2) is 0 Å². The largest absolute Gasteiger partial charge is 0.500 e. The van der Waals surface area contributed by atoms with Crippen molar-refractivity contribution in [3.8, 4) is 17.6 Å². The number of rotatable bonds is 6. The van der Waals surface area contributed by atoms with Crippen LogP contribution in [0.3, 0.4) is 0 Å². The van der Waals surface area contributed by atoms with Gasteiger partial charge < -0.3 is 9.84 Å². The second kappa shape index (κ2) is 7.76. The molecular formula is C17H13N3O6. The third-order valence-corrected chi connectivity index (χ3v) is 3.39. The van der Waals surface area contributed by atoms with Crippen molar-refractivity contribution >= 4 is 23.0 Å². The molecule has 132 valence electrons. The average Bonchev–Trinajstić information content (AvgIpc) is 2.62. The van der Waals surface area contributed by atoms with E-state index in [0.29, 0.717) is 5.56 Å². The van der Waals surface area contributed by atoms with Crippen LogP contribution in [0, 0.1) is 31.6 Å².